The molecule has 3 rings (SSSR count). The molecule has 2 N–H and O–H groups in total. The number of fused-ring (bicyclic) bond motifs is 1. The highest BCUT2D eigenvalue weighted by Crippen LogP contribution is 2.31. The van der Waals surface area contributed by atoms with Gasteiger partial charge in [-0.2, -0.15) is 0 Å². The molecule has 3 aromatic rings. The first-order chi connectivity index (χ1) is 12.5. The predicted octanol–water partition coefficient (Wildman–Crippen LogP) is 3.52. The zero-order valence-electron chi connectivity index (χ0n) is 14.7. The summed E-state index contributed by atoms with van der Waals surface area (Å²) in [7, 11) is 0. The summed E-state index contributed by atoms with van der Waals surface area (Å²) in [6.07, 6.45) is 0.755. The van der Waals surface area contributed by atoms with Gasteiger partial charge in [-0.15, -0.1) is 10.2 Å². The van der Waals surface area contributed by atoms with Crippen LogP contribution >= 0.6 is 23.4 Å². The van der Waals surface area contributed by atoms with Crippen molar-refractivity contribution in [2.75, 3.05) is 0 Å². The van der Waals surface area contributed by atoms with E-state index >= 15 is 0 Å². The van der Waals surface area contributed by atoms with Crippen molar-refractivity contribution in [1.82, 2.24) is 19.7 Å². The van der Waals surface area contributed by atoms with E-state index < -0.39 is 0 Å². The fourth-order valence-electron chi connectivity index (χ4n) is 2.81. The standard InChI is InChI=1S/C18H20ClN5OS/c1-3-24-16(9-8-15(20)25)22-23-18(24)26-10-14-17(19)11(2)12-6-4-5-7-13(12)21-14/h4-7H,3,8-10H2,1-2H3,(H2,20,25). The summed E-state index contributed by atoms with van der Waals surface area (Å²) in [6, 6.07) is 7.97. The molecule has 26 heavy (non-hydrogen) atoms. The van der Waals surface area contributed by atoms with E-state index in [0.29, 0.717) is 17.2 Å². The van der Waals surface area contributed by atoms with Crippen molar-refractivity contribution in [2.24, 2.45) is 5.73 Å². The van der Waals surface area contributed by atoms with E-state index in [1.54, 1.807) is 0 Å². The molecule has 0 aliphatic rings. The van der Waals surface area contributed by atoms with Gasteiger partial charge < -0.3 is 10.3 Å². The van der Waals surface area contributed by atoms with Crippen LogP contribution < -0.4 is 5.73 Å². The van der Waals surface area contributed by atoms with Gasteiger partial charge in [0.2, 0.25) is 5.91 Å². The number of halogens is 1. The van der Waals surface area contributed by atoms with Crippen LogP contribution in [0.3, 0.4) is 0 Å². The largest absolute Gasteiger partial charge is 0.370 e. The average molecular weight is 390 g/mol. The number of nitrogens with two attached hydrogens (primary N) is 1. The van der Waals surface area contributed by atoms with Gasteiger partial charge in [0.25, 0.3) is 0 Å². The van der Waals surface area contributed by atoms with Crippen LogP contribution in [-0.4, -0.2) is 25.7 Å². The van der Waals surface area contributed by atoms with Gasteiger partial charge in [-0.25, -0.2) is 0 Å². The van der Waals surface area contributed by atoms with E-state index in [4.69, 9.17) is 22.3 Å². The number of hydrogen-bond acceptors (Lipinski definition) is 5. The molecule has 8 heteroatoms. The third kappa shape index (κ3) is 3.83. The molecule has 0 spiro atoms. The maximum absolute atomic E-state index is 11.0. The molecule has 1 aromatic carbocycles. The second-order valence-electron chi connectivity index (χ2n) is 5.91. The van der Waals surface area contributed by atoms with Gasteiger partial charge in [0.15, 0.2) is 5.16 Å². The number of hydrogen-bond donors (Lipinski definition) is 1. The molecule has 0 atom stereocenters. The molecule has 0 radical (unpaired) electrons. The maximum Gasteiger partial charge on any atom is 0.217 e. The zero-order chi connectivity index (χ0) is 18.7. The van der Waals surface area contributed by atoms with Gasteiger partial charge in [-0.05, 0) is 25.5 Å². The molecule has 0 fully saturated rings. The monoisotopic (exact) mass is 389 g/mol. The number of thioether (sulfide) groups is 1. The summed E-state index contributed by atoms with van der Waals surface area (Å²) in [5.41, 5.74) is 8.02. The van der Waals surface area contributed by atoms with Crippen molar-refractivity contribution < 1.29 is 4.79 Å². The summed E-state index contributed by atoms with van der Waals surface area (Å²) in [6.45, 7) is 4.75. The Balaban J connectivity index is 1.82. The molecule has 2 aromatic heterocycles. The first-order valence-electron chi connectivity index (χ1n) is 8.38. The average Bonchev–Trinajstić information content (AvgIpc) is 3.03. The Morgan fingerprint density at radius 2 is 2.08 bits per heavy atom. The molecule has 0 aliphatic carbocycles. The second kappa shape index (κ2) is 8.05. The lowest BCUT2D eigenvalue weighted by Gasteiger charge is -2.10. The van der Waals surface area contributed by atoms with Crippen molar-refractivity contribution in [3.05, 3.63) is 46.4 Å². The lowest BCUT2D eigenvalue weighted by molar-refractivity contribution is -0.118. The molecule has 2 heterocycles. The number of benzene rings is 1. The minimum atomic E-state index is -0.340. The summed E-state index contributed by atoms with van der Waals surface area (Å²) >= 11 is 8.07. The van der Waals surface area contributed by atoms with Crippen LogP contribution in [0.15, 0.2) is 29.4 Å². The highest BCUT2D eigenvalue weighted by molar-refractivity contribution is 7.98. The van der Waals surface area contributed by atoms with Crippen LogP contribution in [0.2, 0.25) is 5.02 Å². The molecule has 0 saturated carbocycles. The number of amides is 1. The molecular formula is C18H20ClN5OS. The topological polar surface area (TPSA) is 86.7 Å². The molecule has 136 valence electrons. The summed E-state index contributed by atoms with van der Waals surface area (Å²) in [4.78, 5) is 15.7. The van der Waals surface area contributed by atoms with Gasteiger partial charge in [-0.3, -0.25) is 9.78 Å². The number of para-hydroxylation sites is 1. The molecule has 0 saturated heterocycles. The van der Waals surface area contributed by atoms with Gasteiger partial charge in [0.05, 0.1) is 16.2 Å². The van der Waals surface area contributed by atoms with E-state index in [2.05, 4.69) is 10.2 Å². The number of nitrogens with zero attached hydrogens (tertiary/aromatic N) is 4. The third-order valence-electron chi connectivity index (χ3n) is 4.19. The number of primary amides is 1. The van der Waals surface area contributed by atoms with E-state index in [1.807, 2.05) is 42.7 Å². The van der Waals surface area contributed by atoms with Crippen molar-refractivity contribution in [2.45, 2.75) is 44.1 Å². The lowest BCUT2D eigenvalue weighted by atomic mass is 10.1. The van der Waals surface area contributed by atoms with Crippen LogP contribution in [0.5, 0.6) is 0 Å². The van der Waals surface area contributed by atoms with Gasteiger partial charge in [-0.1, -0.05) is 41.6 Å². The molecule has 0 aliphatic heterocycles. The number of aryl methyl sites for hydroxylation is 2. The van der Waals surface area contributed by atoms with E-state index in [1.165, 1.54) is 11.8 Å². The Hall–Kier alpha value is -2.12. The Morgan fingerprint density at radius 3 is 2.81 bits per heavy atom. The fourth-order valence-corrected chi connectivity index (χ4v) is 4.06. The predicted molar refractivity (Wildman–Crippen MR) is 104 cm³/mol. The van der Waals surface area contributed by atoms with Crippen LogP contribution in [0.1, 0.15) is 30.4 Å². The third-order valence-corrected chi connectivity index (χ3v) is 5.67. The molecule has 0 bridgehead atoms. The van der Waals surface area contributed by atoms with Crippen molar-refractivity contribution in [3.8, 4) is 0 Å². The zero-order valence-corrected chi connectivity index (χ0v) is 16.3. The van der Waals surface area contributed by atoms with E-state index in [-0.39, 0.29) is 12.3 Å². The van der Waals surface area contributed by atoms with Crippen molar-refractivity contribution in [1.29, 1.82) is 0 Å². The minimum absolute atomic E-state index is 0.264. The fraction of sp³-hybridized carbons (Fsp3) is 0.333. The molecule has 1 amide bonds. The summed E-state index contributed by atoms with van der Waals surface area (Å²) in [5, 5.41) is 11.0. The van der Waals surface area contributed by atoms with E-state index in [0.717, 1.165) is 39.7 Å². The minimum Gasteiger partial charge on any atom is -0.370 e. The first kappa shape index (κ1) is 18.7. The highest BCUT2D eigenvalue weighted by atomic mass is 35.5. The Morgan fingerprint density at radius 1 is 1.31 bits per heavy atom. The van der Waals surface area contributed by atoms with Crippen molar-refractivity contribution in [3.63, 3.8) is 0 Å². The lowest BCUT2D eigenvalue weighted by Crippen LogP contribution is -2.13. The molecule has 6 nitrogen and oxygen atoms in total. The summed E-state index contributed by atoms with van der Waals surface area (Å²) in [5.74, 6) is 1.02. The smallest absolute Gasteiger partial charge is 0.217 e. The number of carbonyl (C=O) groups is 1. The van der Waals surface area contributed by atoms with Crippen LogP contribution in [0.25, 0.3) is 10.9 Å². The highest BCUT2D eigenvalue weighted by Gasteiger charge is 2.15. The van der Waals surface area contributed by atoms with E-state index in [9.17, 15) is 4.79 Å². The van der Waals surface area contributed by atoms with Crippen molar-refractivity contribution >= 4 is 40.2 Å². The normalized spacial score (nSPS) is 11.2. The Kier molecular flexibility index (Phi) is 5.78. The Labute approximate surface area is 161 Å². The number of aromatic nitrogens is 4. The van der Waals surface area contributed by atoms with Gasteiger partial charge >= 0.3 is 0 Å². The summed E-state index contributed by atoms with van der Waals surface area (Å²) < 4.78 is 2.00. The Bertz CT molecular complexity index is 956. The molecular weight excluding hydrogens is 370 g/mol. The number of carbonyl (C=O) groups excluding carboxylic acids is 1. The molecule has 0 unspecified atom stereocenters. The maximum atomic E-state index is 11.0. The second-order valence-corrected chi connectivity index (χ2v) is 7.23. The van der Waals surface area contributed by atoms with Gasteiger partial charge in [0.1, 0.15) is 5.82 Å². The number of rotatable bonds is 7. The quantitative estimate of drug-likeness (QED) is 0.624. The number of pyridine rings is 1. The van der Waals surface area contributed by atoms with Crippen LogP contribution in [0.4, 0.5) is 0 Å². The van der Waals surface area contributed by atoms with Gasteiger partial charge in [0, 0.05) is 30.5 Å². The first-order valence-corrected chi connectivity index (χ1v) is 9.74. The van der Waals surface area contributed by atoms with Crippen LogP contribution in [0, 0.1) is 6.92 Å². The van der Waals surface area contributed by atoms with Crippen LogP contribution in [-0.2, 0) is 23.5 Å². The SMILES string of the molecule is CCn1c(CCC(N)=O)nnc1SCc1nc2ccccc2c(C)c1Cl.